The van der Waals surface area contributed by atoms with E-state index in [1.165, 1.54) is 11.8 Å². The van der Waals surface area contributed by atoms with Gasteiger partial charge in [0, 0.05) is 0 Å². The van der Waals surface area contributed by atoms with E-state index in [0.717, 1.165) is 21.2 Å². The Bertz CT molecular complexity index is 748. The van der Waals surface area contributed by atoms with Crippen LogP contribution >= 0.6 is 23.5 Å². The summed E-state index contributed by atoms with van der Waals surface area (Å²) in [5.41, 5.74) is 1.46. The molecule has 0 bridgehead atoms. The summed E-state index contributed by atoms with van der Waals surface area (Å²) < 4.78 is 8.11. The van der Waals surface area contributed by atoms with Crippen molar-refractivity contribution in [2.24, 2.45) is 0 Å². The quantitative estimate of drug-likeness (QED) is 0.584. The number of hydrogen-bond donors (Lipinski definition) is 1. The second-order valence-corrected chi connectivity index (χ2v) is 9.88. The molecule has 126 valence electrons. The number of para-hydroxylation sites is 1. The first kappa shape index (κ1) is 17.7. The number of hydrogen-bond acceptors (Lipinski definition) is 5. The first-order valence-electron chi connectivity index (χ1n) is 7.33. The van der Waals surface area contributed by atoms with Crippen molar-refractivity contribution >= 4 is 53.5 Å². The molecule has 2 aromatic rings. The molecule has 7 heteroatoms. The van der Waals surface area contributed by atoms with Crippen LogP contribution in [-0.4, -0.2) is 50.1 Å². The van der Waals surface area contributed by atoms with Crippen LogP contribution in [0.4, 0.5) is 0 Å². The summed E-state index contributed by atoms with van der Waals surface area (Å²) >= 11 is 3.70. The molecule has 1 aliphatic rings. The molecule has 3 rings (SSSR count). The average molecular weight is 426 g/mol. The number of aromatic carboxylic acids is 1. The van der Waals surface area contributed by atoms with Crippen molar-refractivity contribution in [3.8, 4) is 5.75 Å². The Morgan fingerprint density at radius 1 is 1.29 bits per heavy atom. The molecule has 0 aliphatic carbocycles. The number of benzene rings is 1. The van der Waals surface area contributed by atoms with E-state index >= 15 is 0 Å². The van der Waals surface area contributed by atoms with Crippen molar-refractivity contribution in [1.29, 1.82) is 0 Å². The summed E-state index contributed by atoms with van der Waals surface area (Å²) in [5.74, 6) is 0.0308. The van der Waals surface area contributed by atoms with Crippen molar-refractivity contribution in [3.63, 3.8) is 0 Å². The number of carboxylic acid groups (broad SMARTS) is 1. The van der Waals surface area contributed by atoms with Gasteiger partial charge >= 0.3 is 156 Å². The molecule has 0 unspecified atom stereocenters. The third-order valence-electron chi connectivity index (χ3n) is 3.92. The molecular weight excluding hydrogens is 409 g/mol. The number of aromatic nitrogens is 1. The molecule has 0 radical (unpaired) electrons. The van der Waals surface area contributed by atoms with E-state index < -0.39 is 5.97 Å². The average Bonchev–Trinajstić information content (AvgIpc) is 2.62. The molecule has 1 N–H and O–H groups in total. The molecule has 0 saturated carbocycles. The predicted molar refractivity (Wildman–Crippen MR) is 101 cm³/mol. The molecule has 0 spiro atoms. The monoisotopic (exact) mass is 427 g/mol. The predicted octanol–water partition coefficient (Wildman–Crippen LogP) is 2.10. The zero-order valence-electron chi connectivity index (χ0n) is 13.3. The normalized spacial score (nSPS) is 15.4. The standard InChI is InChI=1S/C17H17NO3S2Se/c1-22-17(23-2)8-9-21-15-12(17)4-3-5-13(15)24-14-7-6-11(10-18-14)16(19)20/h3-7,10H,8-9H2,1-2H3,(H,19,20). The van der Waals surface area contributed by atoms with Crippen LogP contribution in [0.5, 0.6) is 5.75 Å². The molecular formula is C17H17NO3S2Se. The molecule has 0 saturated heterocycles. The van der Waals surface area contributed by atoms with Crippen LogP contribution in [0.3, 0.4) is 0 Å². The van der Waals surface area contributed by atoms with Gasteiger partial charge in [-0.1, -0.05) is 0 Å². The molecule has 0 amide bonds. The first-order chi connectivity index (χ1) is 11.6. The summed E-state index contributed by atoms with van der Waals surface area (Å²) in [6, 6.07) is 9.72. The van der Waals surface area contributed by atoms with Gasteiger partial charge in [0.1, 0.15) is 0 Å². The summed E-state index contributed by atoms with van der Waals surface area (Å²) in [7, 11) is 0. The van der Waals surface area contributed by atoms with Crippen LogP contribution in [0.25, 0.3) is 0 Å². The van der Waals surface area contributed by atoms with Crippen molar-refractivity contribution in [2.45, 2.75) is 10.5 Å². The summed E-state index contributed by atoms with van der Waals surface area (Å²) in [4.78, 5) is 15.2. The number of ether oxygens (including phenoxy) is 1. The fourth-order valence-corrected chi connectivity index (χ4v) is 6.49. The fourth-order valence-electron chi connectivity index (χ4n) is 2.65. The Labute approximate surface area is 155 Å². The maximum absolute atomic E-state index is 10.9. The second kappa shape index (κ2) is 7.40. The summed E-state index contributed by atoms with van der Waals surface area (Å²) in [6.07, 6.45) is 6.71. The number of rotatable bonds is 5. The Morgan fingerprint density at radius 3 is 2.71 bits per heavy atom. The van der Waals surface area contributed by atoms with Crippen LogP contribution < -0.4 is 13.8 Å². The fraction of sp³-hybridized carbons (Fsp3) is 0.294. The molecule has 1 aromatic heterocycles. The molecule has 4 nitrogen and oxygen atoms in total. The van der Waals surface area contributed by atoms with E-state index in [-0.39, 0.29) is 24.6 Å². The Kier molecular flexibility index (Phi) is 5.45. The minimum atomic E-state index is -0.952. The molecule has 0 fully saturated rings. The van der Waals surface area contributed by atoms with Crippen molar-refractivity contribution < 1.29 is 14.6 Å². The minimum absolute atomic E-state index is 0.0255. The number of carbonyl (C=O) groups is 1. The van der Waals surface area contributed by atoms with Gasteiger partial charge in [-0.25, -0.2) is 0 Å². The second-order valence-electron chi connectivity index (χ2n) is 5.18. The van der Waals surface area contributed by atoms with Crippen molar-refractivity contribution in [1.82, 2.24) is 4.98 Å². The summed E-state index contributed by atoms with van der Waals surface area (Å²) in [6.45, 7) is 0.715. The Balaban J connectivity index is 1.94. The molecule has 1 aromatic carbocycles. The number of carboxylic acids is 1. The van der Waals surface area contributed by atoms with Gasteiger partial charge in [-0.2, -0.15) is 0 Å². The van der Waals surface area contributed by atoms with Gasteiger partial charge in [-0.15, -0.1) is 0 Å². The Hall–Kier alpha value is -1.14. The van der Waals surface area contributed by atoms with Gasteiger partial charge in [0.2, 0.25) is 0 Å². The number of nitrogens with zero attached hydrogens (tertiary/aromatic N) is 1. The zero-order valence-corrected chi connectivity index (χ0v) is 16.7. The van der Waals surface area contributed by atoms with Crippen LogP contribution in [-0.2, 0) is 4.08 Å². The molecule has 24 heavy (non-hydrogen) atoms. The third-order valence-corrected chi connectivity index (χ3v) is 9.17. The van der Waals surface area contributed by atoms with E-state index in [1.807, 2.05) is 23.5 Å². The molecule has 2 heterocycles. The Morgan fingerprint density at radius 2 is 2.08 bits per heavy atom. The van der Waals surface area contributed by atoms with Crippen LogP contribution in [0.1, 0.15) is 22.3 Å². The van der Waals surface area contributed by atoms with E-state index in [9.17, 15) is 4.79 Å². The number of pyridine rings is 1. The molecule has 0 atom stereocenters. The van der Waals surface area contributed by atoms with E-state index in [4.69, 9.17) is 9.84 Å². The van der Waals surface area contributed by atoms with E-state index in [0.29, 0.717) is 6.61 Å². The SMILES string of the molecule is CSC1(SC)CCOc2c([Se]c3ccc(C(=O)O)cn3)cccc21. The first-order valence-corrected chi connectivity index (χ1v) is 11.5. The van der Waals surface area contributed by atoms with Gasteiger partial charge < -0.3 is 0 Å². The van der Waals surface area contributed by atoms with Gasteiger partial charge in [0.05, 0.1) is 0 Å². The van der Waals surface area contributed by atoms with Crippen molar-refractivity contribution in [3.05, 3.63) is 47.7 Å². The van der Waals surface area contributed by atoms with E-state index in [2.05, 4.69) is 35.7 Å². The van der Waals surface area contributed by atoms with Crippen molar-refractivity contribution in [2.75, 3.05) is 19.1 Å². The van der Waals surface area contributed by atoms with Gasteiger partial charge in [-0.05, 0) is 0 Å². The number of fused-ring (bicyclic) bond motifs is 1. The van der Waals surface area contributed by atoms with Crippen LogP contribution in [0.2, 0.25) is 0 Å². The zero-order chi connectivity index (χ0) is 17.2. The topological polar surface area (TPSA) is 59.4 Å². The number of thioether (sulfide) groups is 2. The van der Waals surface area contributed by atoms with Gasteiger partial charge in [-0.3, -0.25) is 0 Å². The third kappa shape index (κ3) is 3.31. The molecule has 1 aliphatic heterocycles. The maximum atomic E-state index is 10.9. The van der Waals surface area contributed by atoms with E-state index in [1.54, 1.807) is 12.1 Å². The van der Waals surface area contributed by atoms with Crippen LogP contribution in [0, 0.1) is 0 Å². The van der Waals surface area contributed by atoms with Gasteiger partial charge in [0.25, 0.3) is 0 Å². The van der Waals surface area contributed by atoms with Crippen LogP contribution in [0.15, 0.2) is 36.5 Å². The van der Waals surface area contributed by atoms with Gasteiger partial charge in [0.15, 0.2) is 0 Å². The summed E-state index contributed by atoms with van der Waals surface area (Å²) in [5, 5.41) is 8.98.